The third-order valence-electron chi connectivity index (χ3n) is 4.26. The smallest absolute Gasteiger partial charge is 0.277 e. The van der Waals surface area contributed by atoms with Gasteiger partial charge in [0.25, 0.3) is 11.8 Å². The molecular weight excluding hydrogens is 344 g/mol. The van der Waals surface area contributed by atoms with E-state index in [2.05, 4.69) is 5.32 Å². The minimum atomic E-state index is -0.364. The number of carbonyl (C=O) groups excluding carboxylic acids is 2. The fourth-order valence-corrected chi connectivity index (χ4v) is 2.78. The number of anilines is 1. The Balaban J connectivity index is 1.93. The van der Waals surface area contributed by atoms with E-state index in [-0.39, 0.29) is 17.5 Å². The largest absolute Gasteiger partial charge is 0.497 e. The number of hydrogen-bond acceptors (Lipinski definition) is 5. The minimum absolute atomic E-state index is 0.259. The van der Waals surface area contributed by atoms with Gasteiger partial charge in [0.2, 0.25) is 0 Å². The van der Waals surface area contributed by atoms with Gasteiger partial charge in [-0.2, -0.15) is 0 Å². The normalized spacial score (nSPS) is 14.0. The predicted octanol–water partition coefficient (Wildman–Crippen LogP) is 3.31. The Morgan fingerprint density at radius 3 is 2.15 bits per heavy atom. The summed E-state index contributed by atoms with van der Waals surface area (Å²) in [7, 11) is 3.07. The van der Waals surface area contributed by atoms with Crippen LogP contribution in [0.2, 0.25) is 0 Å². The Morgan fingerprint density at radius 1 is 0.926 bits per heavy atom. The van der Waals surface area contributed by atoms with Crippen LogP contribution < -0.4 is 14.8 Å². The van der Waals surface area contributed by atoms with Crippen LogP contribution >= 0.6 is 0 Å². The van der Waals surface area contributed by atoms with E-state index in [1.807, 2.05) is 6.92 Å². The fraction of sp³-hybridized carbons (Fsp3) is 0.238. The van der Waals surface area contributed by atoms with Crippen LogP contribution in [-0.2, 0) is 9.59 Å². The van der Waals surface area contributed by atoms with Crippen molar-refractivity contribution in [3.8, 4) is 11.5 Å². The highest BCUT2D eigenvalue weighted by Gasteiger charge is 2.36. The SMILES string of the molecule is CCCOc1ccc(C2=C(Nc3ccc(OC)cc3)C(=O)N(C)C2=O)cc1. The molecule has 3 rings (SSSR count). The first-order valence-corrected chi connectivity index (χ1v) is 8.76. The van der Waals surface area contributed by atoms with Crippen LogP contribution in [0.1, 0.15) is 18.9 Å². The molecule has 0 spiro atoms. The highest BCUT2D eigenvalue weighted by atomic mass is 16.5. The lowest BCUT2D eigenvalue weighted by Crippen LogP contribution is -2.27. The second-order valence-electron chi connectivity index (χ2n) is 6.15. The van der Waals surface area contributed by atoms with Crippen molar-refractivity contribution in [3.05, 3.63) is 59.8 Å². The van der Waals surface area contributed by atoms with Crippen LogP contribution in [0.3, 0.4) is 0 Å². The lowest BCUT2D eigenvalue weighted by molar-refractivity contribution is -0.135. The molecule has 2 aromatic carbocycles. The Morgan fingerprint density at radius 2 is 1.56 bits per heavy atom. The molecule has 140 valence electrons. The molecule has 0 saturated heterocycles. The lowest BCUT2D eigenvalue weighted by Gasteiger charge is -2.10. The fourth-order valence-electron chi connectivity index (χ4n) is 2.78. The van der Waals surface area contributed by atoms with Gasteiger partial charge in [0, 0.05) is 12.7 Å². The summed E-state index contributed by atoms with van der Waals surface area (Å²) in [6, 6.07) is 14.3. The van der Waals surface area contributed by atoms with Gasteiger partial charge in [-0.3, -0.25) is 14.5 Å². The van der Waals surface area contributed by atoms with Gasteiger partial charge in [0.1, 0.15) is 17.2 Å². The molecule has 1 heterocycles. The number of nitrogens with one attached hydrogen (secondary N) is 1. The molecule has 0 aromatic heterocycles. The van der Waals surface area contributed by atoms with E-state index in [4.69, 9.17) is 9.47 Å². The van der Waals surface area contributed by atoms with Gasteiger partial charge in [-0.1, -0.05) is 19.1 Å². The summed E-state index contributed by atoms with van der Waals surface area (Å²) in [5, 5.41) is 3.08. The number of imide groups is 1. The first kappa shape index (κ1) is 18.5. The number of likely N-dealkylation sites (N-methyl/N-ethyl adjacent to an activating group) is 1. The second kappa shape index (κ2) is 7.95. The molecule has 2 aromatic rings. The molecule has 0 aliphatic carbocycles. The Bertz CT molecular complexity index is 870. The molecule has 6 heteroatoms. The molecular formula is C21H22N2O4. The van der Waals surface area contributed by atoms with Gasteiger partial charge in [-0.05, 0) is 48.4 Å². The van der Waals surface area contributed by atoms with E-state index in [0.717, 1.165) is 17.1 Å². The van der Waals surface area contributed by atoms with Gasteiger partial charge in [0.05, 0.1) is 19.3 Å². The van der Waals surface area contributed by atoms with Crippen LogP contribution in [0, 0.1) is 0 Å². The van der Waals surface area contributed by atoms with Crippen LogP contribution in [0.5, 0.6) is 11.5 Å². The molecule has 1 N–H and O–H groups in total. The van der Waals surface area contributed by atoms with E-state index in [1.54, 1.807) is 55.6 Å². The monoisotopic (exact) mass is 366 g/mol. The Kier molecular flexibility index (Phi) is 5.45. The molecule has 0 radical (unpaired) electrons. The predicted molar refractivity (Wildman–Crippen MR) is 104 cm³/mol. The van der Waals surface area contributed by atoms with E-state index in [9.17, 15) is 9.59 Å². The topological polar surface area (TPSA) is 67.9 Å². The average molecular weight is 366 g/mol. The van der Waals surface area contributed by atoms with Crippen molar-refractivity contribution in [1.29, 1.82) is 0 Å². The minimum Gasteiger partial charge on any atom is -0.497 e. The van der Waals surface area contributed by atoms with E-state index in [1.165, 1.54) is 7.05 Å². The lowest BCUT2D eigenvalue weighted by atomic mass is 10.0. The number of hydrogen-bond donors (Lipinski definition) is 1. The van der Waals surface area contributed by atoms with Crippen molar-refractivity contribution in [2.24, 2.45) is 0 Å². The number of carbonyl (C=O) groups is 2. The molecule has 6 nitrogen and oxygen atoms in total. The first-order valence-electron chi connectivity index (χ1n) is 8.76. The molecule has 0 saturated carbocycles. The molecule has 0 atom stereocenters. The van der Waals surface area contributed by atoms with Crippen molar-refractivity contribution in [3.63, 3.8) is 0 Å². The zero-order valence-corrected chi connectivity index (χ0v) is 15.6. The third-order valence-corrected chi connectivity index (χ3v) is 4.26. The summed E-state index contributed by atoms with van der Waals surface area (Å²) in [6.45, 7) is 2.67. The molecule has 0 unspecified atom stereocenters. The van der Waals surface area contributed by atoms with E-state index < -0.39 is 0 Å². The number of methoxy groups -OCH3 is 1. The zero-order chi connectivity index (χ0) is 19.4. The van der Waals surface area contributed by atoms with Crippen molar-refractivity contribution >= 4 is 23.1 Å². The van der Waals surface area contributed by atoms with Crippen molar-refractivity contribution in [1.82, 2.24) is 4.90 Å². The summed E-state index contributed by atoms with van der Waals surface area (Å²) in [6.07, 6.45) is 0.917. The number of benzene rings is 2. The molecule has 2 amide bonds. The van der Waals surface area contributed by atoms with E-state index >= 15 is 0 Å². The first-order chi connectivity index (χ1) is 13.0. The quantitative estimate of drug-likeness (QED) is 0.762. The molecule has 27 heavy (non-hydrogen) atoms. The average Bonchev–Trinajstić information content (AvgIpc) is 2.91. The van der Waals surface area contributed by atoms with Crippen LogP contribution in [0.4, 0.5) is 5.69 Å². The third kappa shape index (κ3) is 3.79. The molecule has 1 aliphatic heterocycles. The van der Waals surface area contributed by atoms with Crippen LogP contribution in [0.15, 0.2) is 54.2 Å². The number of rotatable bonds is 7. The summed E-state index contributed by atoms with van der Waals surface area (Å²) in [5.74, 6) is 0.745. The molecule has 0 bridgehead atoms. The van der Waals surface area contributed by atoms with Crippen molar-refractivity contribution in [2.45, 2.75) is 13.3 Å². The van der Waals surface area contributed by atoms with Gasteiger partial charge in [-0.15, -0.1) is 0 Å². The van der Waals surface area contributed by atoms with Gasteiger partial charge >= 0.3 is 0 Å². The number of nitrogens with zero attached hydrogens (tertiary/aromatic N) is 1. The maximum atomic E-state index is 12.6. The summed E-state index contributed by atoms with van der Waals surface area (Å²) >= 11 is 0. The Labute approximate surface area is 158 Å². The van der Waals surface area contributed by atoms with Gasteiger partial charge in [-0.25, -0.2) is 0 Å². The van der Waals surface area contributed by atoms with Crippen molar-refractivity contribution < 1.29 is 19.1 Å². The number of amides is 2. The summed E-state index contributed by atoms with van der Waals surface area (Å²) in [4.78, 5) is 26.3. The maximum absolute atomic E-state index is 12.6. The van der Waals surface area contributed by atoms with Crippen LogP contribution in [-0.4, -0.2) is 37.5 Å². The number of ether oxygens (including phenoxy) is 2. The highest BCUT2D eigenvalue weighted by Crippen LogP contribution is 2.31. The standard InChI is InChI=1S/C21H22N2O4/c1-4-13-27-17-9-5-14(6-10-17)18-19(21(25)23(2)20(18)24)22-15-7-11-16(26-3)12-8-15/h5-12,22H,4,13H2,1-3H3. The van der Waals surface area contributed by atoms with Gasteiger partial charge < -0.3 is 14.8 Å². The molecule has 0 fully saturated rings. The molecule has 1 aliphatic rings. The maximum Gasteiger partial charge on any atom is 0.277 e. The highest BCUT2D eigenvalue weighted by molar-refractivity contribution is 6.36. The summed E-state index contributed by atoms with van der Waals surface area (Å²) < 4.78 is 10.7. The van der Waals surface area contributed by atoms with E-state index in [0.29, 0.717) is 29.2 Å². The van der Waals surface area contributed by atoms with Crippen LogP contribution in [0.25, 0.3) is 5.57 Å². The Hall–Kier alpha value is -3.28. The summed E-state index contributed by atoms with van der Waals surface area (Å²) in [5.41, 5.74) is 1.97. The second-order valence-corrected chi connectivity index (χ2v) is 6.15. The zero-order valence-electron chi connectivity index (χ0n) is 15.6. The van der Waals surface area contributed by atoms with Crippen molar-refractivity contribution in [2.75, 3.05) is 26.1 Å². The van der Waals surface area contributed by atoms with Gasteiger partial charge in [0.15, 0.2) is 0 Å².